The van der Waals surface area contributed by atoms with Gasteiger partial charge in [0.15, 0.2) is 0 Å². The van der Waals surface area contributed by atoms with Crippen LogP contribution < -0.4 is 5.32 Å². The molecule has 0 unspecified atom stereocenters. The molecule has 0 bridgehead atoms. The molecule has 4 nitrogen and oxygen atoms in total. The Balaban J connectivity index is 2.08. The van der Waals surface area contributed by atoms with E-state index in [0.29, 0.717) is 22.1 Å². The molecule has 0 saturated heterocycles. The van der Waals surface area contributed by atoms with Gasteiger partial charge in [0.25, 0.3) is 5.91 Å². The van der Waals surface area contributed by atoms with Gasteiger partial charge in [0.05, 0.1) is 22.3 Å². The van der Waals surface area contributed by atoms with Crippen molar-refractivity contribution in [3.8, 4) is 0 Å². The fourth-order valence-electron chi connectivity index (χ4n) is 1.69. The average Bonchev–Trinajstić information content (AvgIpc) is 2.94. The average molecular weight is 236 g/mol. The minimum absolute atomic E-state index is 0.123. The van der Waals surface area contributed by atoms with E-state index < -0.39 is 0 Å². The Morgan fingerprint density at radius 1 is 1.50 bits per heavy atom. The van der Waals surface area contributed by atoms with Gasteiger partial charge in [0.1, 0.15) is 0 Å². The fraction of sp³-hybridized carbons (Fsp3) is 0.273. The quantitative estimate of drug-likeness (QED) is 0.838. The maximum atomic E-state index is 12.0. The molecular weight excluding hydrogens is 226 g/mol. The summed E-state index contributed by atoms with van der Waals surface area (Å²) >= 11 is 6.05. The highest BCUT2D eigenvalue weighted by molar-refractivity contribution is 6.35. The molecule has 0 spiro atoms. The van der Waals surface area contributed by atoms with Crippen LogP contribution in [0.1, 0.15) is 23.2 Å². The molecule has 1 aromatic carbocycles. The number of nitrogens with one attached hydrogen (secondary N) is 2. The Kier molecular flexibility index (Phi) is 2.11. The number of carbonyl (C=O) groups is 1. The first kappa shape index (κ1) is 9.66. The van der Waals surface area contributed by atoms with Crippen LogP contribution >= 0.6 is 11.6 Å². The number of amides is 1. The summed E-state index contributed by atoms with van der Waals surface area (Å²) in [5, 5.41) is 11.0. The minimum Gasteiger partial charge on any atom is -0.349 e. The molecule has 1 aromatic heterocycles. The van der Waals surface area contributed by atoms with Crippen molar-refractivity contribution < 1.29 is 4.79 Å². The lowest BCUT2D eigenvalue weighted by molar-refractivity contribution is 0.0952. The van der Waals surface area contributed by atoms with Crippen molar-refractivity contribution in [2.75, 3.05) is 0 Å². The first-order chi connectivity index (χ1) is 7.75. The van der Waals surface area contributed by atoms with Crippen LogP contribution in [0.15, 0.2) is 18.3 Å². The zero-order valence-corrected chi connectivity index (χ0v) is 9.21. The van der Waals surface area contributed by atoms with E-state index in [2.05, 4.69) is 15.5 Å². The molecule has 1 heterocycles. The number of hydrogen-bond acceptors (Lipinski definition) is 2. The van der Waals surface area contributed by atoms with Crippen molar-refractivity contribution in [3.05, 3.63) is 28.9 Å². The summed E-state index contributed by atoms with van der Waals surface area (Å²) < 4.78 is 0. The number of hydrogen-bond donors (Lipinski definition) is 2. The van der Waals surface area contributed by atoms with Gasteiger partial charge in [0.2, 0.25) is 0 Å². The zero-order valence-electron chi connectivity index (χ0n) is 8.46. The van der Waals surface area contributed by atoms with Crippen LogP contribution in [0.2, 0.25) is 5.02 Å². The summed E-state index contributed by atoms with van der Waals surface area (Å²) in [5.41, 5.74) is 1.19. The van der Waals surface area contributed by atoms with Crippen molar-refractivity contribution in [2.24, 2.45) is 0 Å². The molecule has 0 atom stereocenters. The highest BCUT2D eigenvalue weighted by atomic mass is 35.5. The SMILES string of the molecule is O=C(NC1CC1)c1c(Cl)ccc2cn[nH]c12. The van der Waals surface area contributed by atoms with Crippen LogP contribution in [0.4, 0.5) is 0 Å². The highest BCUT2D eigenvalue weighted by Gasteiger charge is 2.26. The maximum Gasteiger partial charge on any atom is 0.255 e. The third-order valence-electron chi connectivity index (χ3n) is 2.71. The molecule has 3 rings (SSSR count). The smallest absolute Gasteiger partial charge is 0.255 e. The Labute approximate surface area is 97.0 Å². The fourth-order valence-corrected chi connectivity index (χ4v) is 1.94. The van der Waals surface area contributed by atoms with Gasteiger partial charge >= 0.3 is 0 Å². The van der Waals surface area contributed by atoms with Crippen LogP contribution in [0, 0.1) is 0 Å². The third-order valence-corrected chi connectivity index (χ3v) is 3.02. The number of halogens is 1. The molecule has 1 amide bonds. The monoisotopic (exact) mass is 235 g/mol. The molecule has 1 saturated carbocycles. The zero-order chi connectivity index (χ0) is 11.1. The van der Waals surface area contributed by atoms with Crippen LogP contribution in [0.5, 0.6) is 0 Å². The molecule has 0 aliphatic heterocycles. The van der Waals surface area contributed by atoms with E-state index in [-0.39, 0.29) is 5.91 Å². The number of rotatable bonds is 2. The Hall–Kier alpha value is -1.55. The lowest BCUT2D eigenvalue weighted by Crippen LogP contribution is -2.25. The van der Waals surface area contributed by atoms with Crippen LogP contribution in [0.3, 0.4) is 0 Å². The largest absolute Gasteiger partial charge is 0.349 e. The number of nitrogens with zero attached hydrogens (tertiary/aromatic N) is 1. The number of carbonyl (C=O) groups excluding carboxylic acids is 1. The first-order valence-corrected chi connectivity index (χ1v) is 5.56. The van der Waals surface area contributed by atoms with E-state index in [1.54, 1.807) is 12.3 Å². The second kappa shape index (κ2) is 3.49. The van der Waals surface area contributed by atoms with Gasteiger partial charge in [-0.25, -0.2) is 0 Å². The summed E-state index contributed by atoms with van der Waals surface area (Å²) in [6, 6.07) is 3.89. The summed E-state index contributed by atoms with van der Waals surface area (Å²) in [5.74, 6) is -0.123. The predicted octanol–water partition coefficient (Wildman–Crippen LogP) is 2.11. The lowest BCUT2D eigenvalue weighted by Gasteiger charge is -2.06. The van der Waals surface area contributed by atoms with Gasteiger partial charge in [-0.2, -0.15) is 5.10 Å². The topological polar surface area (TPSA) is 57.8 Å². The minimum atomic E-state index is -0.123. The molecular formula is C11H10ClN3O. The van der Waals surface area contributed by atoms with Crippen LogP contribution in [-0.4, -0.2) is 22.1 Å². The van der Waals surface area contributed by atoms with Gasteiger partial charge in [-0.15, -0.1) is 0 Å². The lowest BCUT2D eigenvalue weighted by atomic mass is 10.1. The molecule has 5 heteroatoms. The molecule has 16 heavy (non-hydrogen) atoms. The summed E-state index contributed by atoms with van der Waals surface area (Å²) in [7, 11) is 0. The normalized spacial score (nSPS) is 15.3. The number of aromatic amines is 1. The van der Waals surface area contributed by atoms with Gasteiger partial charge in [-0.3, -0.25) is 9.89 Å². The van der Waals surface area contributed by atoms with Gasteiger partial charge in [-0.1, -0.05) is 11.6 Å². The molecule has 2 N–H and O–H groups in total. The molecule has 2 aromatic rings. The second-order valence-corrected chi connectivity index (χ2v) is 4.41. The highest BCUT2D eigenvalue weighted by Crippen LogP contribution is 2.26. The van der Waals surface area contributed by atoms with Gasteiger partial charge in [0, 0.05) is 11.4 Å². The van der Waals surface area contributed by atoms with Crippen molar-refractivity contribution in [3.63, 3.8) is 0 Å². The molecule has 1 fully saturated rings. The van der Waals surface area contributed by atoms with Crippen molar-refractivity contribution in [1.82, 2.24) is 15.5 Å². The standard InChI is InChI=1S/C11H10ClN3O/c12-8-4-1-6-5-13-15-10(6)9(8)11(16)14-7-2-3-7/h1,4-5,7H,2-3H2,(H,13,15)(H,14,16). The number of fused-ring (bicyclic) bond motifs is 1. The molecule has 0 radical (unpaired) electrons. The van der Waals surface area contributed by atoms with Gasteiger partial charge in [-0.05, 0) is 25.0 Å². The van der Waals surface area contributed by atoms with Crippen LogP contribution in [0.25, 0.3) is 10.9 Å². The molecule has 1 aliphatic rings. The first-order valence-electron chi connectivity index (χ1n) is 5.18. The maximum absolute atomic E-state index is 12.0. The third kappa shape index (κ3) is 1.55. The van der Waals surface area contributed by atoms with E-state index in [1.165, 1.54) is 0 Å². The molecule has 1 aliphatic carbocycles. The molecule has 82 valence electrons. The van der Waals surface area contributed by atoms with Crippen molar-refractivity contribution >= 4 is 28.4 Å². The van der Waals surface area contributed by atoms with Crippen molar-refractivity contribution in [1.29, 1.82) is 0 Å². The number of aromatic nitrogens is 2. The van der Waals surface area contributed by atoms with E-state index in [9.17, 15) is 4.79 Å². The van der Waals surface area contributed by atoms with E-state index in [1.807, 2.05) is 6.07 Å². The predicted molar refractivity (Wildman–Crippen MR) is 61.6 cm³/mol. The van der Waals surface area contributed by atoms with E-state index in [0.717, 1.165) is 18.2 Å². The Morgan fingerprint density at radius 2 is 2.31 bits per heavy atom. The van der Waals surface area contributed by atoms with Gasteiger partial charge < -0.3 is 5.32 Å². The summed E-state index contributed by atoms with van der Waals surface area (Å²) in [4.78, 5) is 12.0. The number of benzene rings is 1. The second-order valence-electron chi connectivity index (χ2n) is 4.00. The van der Waals surface area contributed by atoms with Crippen molar-refractivity contribution in [2.45, 2.75) is 18.9 Å². The number of H-pyrrole nitrogens is 1. The summed E-state index contributed by atoms with van der Waals surface area (Å²) in [6.45, 7) is 0. The van der Waals surface area contributed by atoms with E-state index in [4.69, 9.17) is 11.6 Å². The Morgan fingerprint density at radius 3 is 3.06 bits per heavy atom. The summed E-state index contributed by atoms with van der Waals surface area (Å²) in [6.07, 6.45) is 3.80. The van der Waals surface area contributed by atoms with E-state index >= 15 is 0 Å². The Bertz CT molecular complexity index is 559. The van der Waals surface area contributed by atoms with Crippen LogP contribution in [-0.2, 0) is 0 Å².